The third-order valence-electron chi connectivity index (χ3n) is 1.40. The molecule has 2 nitrogen and oxygen atoms in total. The third kappa shape index (κ3) is 7.53. The Bertz CT molecular complexity index is 168. The topological polar surface area (TPSA) is 26.3 Å². The van der Waals surface area contributed by atoms with Crippen molar-refractivity contribution in [2.75, 3.05) is 6.61 Å². The van der Waals surface area contributed by atoms with Gasteiger partial charge in [-0.3, -0.25) is 0 Å². The van der Waals surface area contributed by atoms with Gasteiger partial charge in [-0.2, -0.15) is 0 Å². The van der Waals surface area contributed by atoms with Gasteiger partial charge in [0.05, 0.1) is 6.61 Å². The van der Waals surface area contributed by atoms with Crippen LogP contribution in [0.25, 0.3) is 0 Å². The highest BCUT2D eigenvalue weighted by Gasteiger charge is 2.12. The van der Waals surface area contributed by atoms with Crippen LogP contribution in [0.15, 0.2) is 12.2 Å². The van der Waals surface area contributed by atoms with E-state index in [1.165, 1.54) is 6.08 Å². The van der Waals surface area contributed by atoms with Gasteiger partial charge in [0, 0.05) is 14.1 Å². The zero-order chi connectivity index (χ0) is 9.61. The van der Waals surface area contributed by atoms with Crippen molar-refractivity contribution in [1.82, 2.24) is 0 Å². The van der Waals surface area contributed by atoms with Crippen LogP contribution in [0, 0.1) is 0 Å². The molecular formula is C9H18O2Si. The van der Waals surface area contributed by atoms with E-state index in [2.05, 4.69) is 19.6 Å². The average Bonchev–Trinajstić information content (AvgIpc) is 1.84. The summed E-state index contributed by atoms with van der Waals surface area (Å²) in [6.07, 6.45) is 3.14. The van der Waals surface area contributed by atoms with Crippen molar-refractivity contribution in [1.29, 1.82) is 0 Å². The Morgan fingerprint density at radius 3 is 2.42 bits per heavy atom. The second-order valence-corrected chi connectivity index (χ2v) is 9.60. The van der Waals surface area contributed by atoms with Gasteiger partial charge in [-0.05, 0) is 13.0 Å². The monoisotopic (exact) mass is 186 g/mol. The van der Waals surface area contributed by atoms with Gasteiger partial charge >= 0.3 is 5.97 Å². The second-order valence-electron chi connectivity index (χ2n) is 3.98. The lowest BCUT2D eigenvalue weighted by Crippen LogP contribution is -2.22. The van der Waals surface area contributed by atoms with E-state index < -0.39 is 8.07 Å². The molecule has 0 fully saturated rings. The van der Waals surface area contributed by atoms with Crippen molar-refractivity contribution >= 4 is 14.0 Å². The normalized spacial score (nSPS) is 12.0. The van der Waals surface area contributed by atoms with E-state index in [4.69, 9.17) is 4.74 Å². The highest BCUT2D eigenvalue weighted by Crippen LogP contribution is 2.07. The summed E-state index contributed by atoms with van der Waals surface area (Å²) in [5.74, 6) is -0.226. The summed E-state index contributed by atoms with van der Waals surface area (Å²) in [5, 5.41) is 0. The Morgan fingerprint density at radius 1 is 1.42 bits per heavy atom. The van der Waals surface area contributed by atoms with Gasteiger partial charge in [-0.1, -0.05) is 25.7 Å². The Labute approximate surface area is 75.6 Å². The van der Waals surface area contributed by atoms with Crippen LogP contribution in [-0.4, -0.2) is 20.7 Å². The minimum Gasteiger partial charge on any atom is -0.463 e. The summed E-state index contributed by atoms with van der Waals surface area (Å²) in [7, 11) is -1.05. The van der Waals surface area contributed by atoms with Crippen molar-refractivity contribution in [3.8, 4) is 0 Å². The van der Waals surface area contributed by atoms with Crippen LogP contribution in [0.5, 0.6) is 0 Å². The Kier molecular flexibility index (Phi) is 4.89. The van der Waals surface area contributed by atoms with Crippen LogP contribution in [-0.2, 0) is 9.53 Å². The van der Waals surface area contributed by atoms with Crippen LogP contribution in [0.1, 0.15) is 6.92 Å². The molecule has 0 aliphatic carbocycles. The van der Waals surface area contributed by atoms with Crippen molar-refractivity contribution < 1.29 is 9.53 Å². The number of carbonyl (C=O) groups is 1. The molecule has 0 unspecified atom stereocenters. The molecule has 70 valence electrons. The predicted octanol–water partition coefficient (Wildman–Crippen LogP) is 2.44. The third-order valence-corrected chi connectivity index (χ3v) is 3.10. The van der Waals surface area contributed by atoms with E-state index in [1.807, 2.05) is 0 Å². The number of carbonyl (C=O) groups excluding carboxylic acids is 1. The molecular weight excluding hydrogens is 168 g/mol. The van der Waals surface area contributed by atoms with Gasteiger partial charge in [-0.15, -0.1) is 0 Å². The van der Waals surface area contributed by atoms with Gasteiger partial charge in [0.2, 0.25) is 0 Å². The van der Waals surface area contributed by atoms with Crippen molar-refractivity contribution in [2.45, 2.75) is 32.6 Å². The standard InChI is InChI=1S/C9H18O2Si/c1-5-6-9(10)11-7-8-12(2,3)4/h5-6H,7-8H2,1-4H3. The molecule has 12 heavy (non-hydrogen) atoms. The minimum absolute atomic E-state index is 0.226. The lowest BCUT2D eigenvalue weighted by Gasteiger charge is -2.14. The molecule has 0 saturated heterocycles. The number of hydrogen-bond acceptors (Lipinski definition) is 2. The summed E-state index contributed by atoms with van der Waals surface area (Å²) in [6.45, 7) is 9.15. The van der Waals surface area contributed by atoms with Crippen molar-refractivity contribution in [3.05, 3.63) is 12.2 Å². The molecule has 0 aromatic heterocycles. The summed E-state index contributed by atoms with van der Waals surface area (Å²) in [4.78, 5) is 10.8. The molecule has 0 heterocycles. The fourth-order valence-corrected chi connectivity index (χ4v) is 1.36. The maximum absolute atomic E-state index is 10.8. The van der Waals surface area contributed by atoms with Crippen molar-refractivity contribution in [3.63, 3.8) is 0 Å². The Morgan fingerprint density at radius 2 is 2.00 bits per heavy atom. The highest BCUT2D eigenvalue weighted by molar-refractivity contribution is 6.76. The van der Waals surface area contributed by atoms with Crippen LogP contribution >= 0.6 is 0 Å². The quantitative estimate of drug-likeness (QED) is 0.383. The van der Waals surface area contributed by atoms with Gasteiger partial charge in [0.15, 0.2) is 0 Å². The molecule has 0 radical (unpaired) electrons. The van der Waals surface area contributed by atoms with E-state index in [0.717, 1.165) is 6.04 Å². The summed E-state index contributed by atoms with van der Waals surface area (Å²) < 4.78 is 4.97. The number of ether oxygens (including phenoxy) is 1. The first kappa shape index (κ1) is 11.4. The number of rotatable bonds is 4. The van der Waals surface area contributed by atoms with Crippen LogP contribution < -0.4 is 0 Å². The summed E-state index contributed by atoms with van der Waals surface area (Å²) in [6, 6.07) is 1.04. The maximum atomic E-state index is 10.8. The van der Waals surface area contributed by atoms with E-state index in [-0.39, 0.29) is 5.97 Å². The lowest BCUT2D eigenvalue weighted by atomic mass is 10.5. The van der Waals surface area contributed by atoms with Crippen molar-refractivity contribution in [2.24, 2.45) is 0 Å². The fraction of sp³-hybridized carbons (Fsp3) is 0.667. The second kappa shape index (κ2) is 5.14. The molecule has 0 amide bonds. The molecule has 0 aliphatic rings. The first-order valence-electron chi connectivity index (χ1n) is 4.25. The zero-order valence-electron chi connectivity index (χ0n) is 8.39. The van der Waals surface area contributed by atoms with Crippen LogP contribution in [0.2, 0.25) is 25.7 Å². The van der Waals surface area contributed by atoms with E-state index in [0.29, 0.717) is 6.61 Å². The first-order valence-corrected chi connectivity index (χ1v) is 7.96. The number of allylic oxidation sites excluding steroid dienone is 1. The number of hydrogen-bond donors (Lipinski definition) is 0. The Hall–Kier alpha value is -0.573. The van der Waals surface area contributed by atoms with Crippen LogP contribution in [0.3, 0.4) is 0 Å². The maximum Gasteiger partial charge on any atom is 0.330 e. The summed E-state index contributed by atoms with van der Waals surface area (Å²) >= 11 is 0. The van der Waals surface area contributed by atoms with Gasteiger partial charge in [0.25, 0.3) is 0 Å². The smallest absolute Gasteiger partial charge is 0.330 e. The molecule has 3 heteroatoms. The molecule has 0 spiro atoms. The Balaban J connectivity index is 3.51. The highest BCUT2D eigenvalue weighted by atomic mass is 28.3. The molecule has 0 N–H and O–H groups in total. The molecule has 0 aromatic carbocycles. The fourth-order valence-electron chi connectivity index (χ4n) is 0.642. The van der Waals surface area contributed by atoms with Crippen LogP contribution in [0.4, 0.5) is 0 Å². The molecule has 0 bridgehead atoms. The predicted molar refractivity (Wildman–Crippen MR) is 53.9 cm³/mol. The van der Waals surface area contributed by atoms with E-state index >= 15 is 0 Å². The lowest BCUT2D eigenvalue weighted by molar-refractivity contribution is -0.137. The summed E-state index contributed by atoms with van der Waals surface area (Å²) in [5.41, 5.74) is 0. The zero-order valence-corrected chi connectivity index (χ0v) is 9.39. The molecule has 0 aromatic rings. The number of esters is 1. The molecule has 0 rings (SSSR count). The first-order chi connectivity index (χ1) is 5.45. The molecule has 0 aliphatic heterocycles. The van der Waals surface area contributed by atoms with E-state index in [1.54, 1.807) is 13.0 Å². The van der Waals surface area contributed by atoms with Gasteiger partial charge in [-0.25, -0.2) is 4.79 Å². The van der Waals surface area contributed by atoms with Gasteiger partial charge < -0.3 is 4.74 Å². The average molecular weight is 186 g/mol. The SMILES string of the molecule is CC=CC(=O)OCC[Si](C)(C)C. The van der Waals surface area contributed by atoms with Gasteiger partial charge in [0.1, 0.15) is 0 Å². The van der Waals surface area contributed by atoms with E-state index in [9.17, 15) is 4.79 Å². The largest absolute Gasteiger partial charge is 0.463 e. The minimum atomic E-state index is -1.05. The molecule has 0 atom stereocenters. The molecule has 0 saturated carbocycles.